The number of halogens is 1. The summed E-state index contributed by atoms with van der Waals surface area (Å²) in [5.74, 6) is -0.228. The van der Waals surface area contributed by atoms with Gasteiger partial charge in [-0.3, -0.25) is 9.59 Å². The molecule has 29 heavy (non-hydrogen) atoms. The number of rotatable bonds is 7. The number of piperidine rings is 1. The van der Waals surface area contributed by atoms with Crippen LogP contribution in [-0.4, -0.2) is 48.7 Å². The lowest BCUT2D eigenvalue weighted by atomic mass is 10.0. The van der Waals surface area contributed by atoms with Gasteiger partial charge in [0.25, 0.3) is 5.56 Å². The summed E-state index contributed by atoms with van der Waals surface area (Å²) < 4.78 is 7.04. The predicted octanol–water partition coefficient (Wildman–Crippen LogP) is 2.23. The third kappa shape index (κ3) is 4.55. The van der Waals surface area contributed by atoms with Crippen LogP contribution in [0, 0.1) is 11.3 Å². The second-order valence-electron chi connectivity index (χ2n) is 6.97. The first-order valence-corrected chi connectivity index (χ1v) is 10.4. The second kappa shape index (κ2) is 9.77. The normalized spacial score (nSPS) is 14.7. The van der Waals surface area contributed by atoms with Crippen LogP contribution < -0.4 is 15.8 Å². The Morgan fingerprint density at radius 2 is 2.07 bits per heavy atom. The minimum atomic E-state index is -0.293. The zero-order valence-corrected chi connectivity index (χ0v) is 17.2. The lowest BCUT2D eigenvalue weighted by Crippen LogP contribution is -2.45. The van der Waals surface area contributed by atoms with Gasteiger partial charge in [-0.1, -0.05) is 18.2 Å². The molecule has 2 heterocycles. The van der Waals surface area contributed by atoms with Crippen LogP contribution >= 0.6 is 11.6 Å². The lowest BCUT2D eigenvalue weighted by Gasteiger charge is -2.35. The number of anilines is 1. The second-order valence-corrected chi connectivity index (χ2v) is 7.24. The van der Waals surface area contributed by atoms with E-state index in [9.17, 15) is 14.9 Å². The van der Waals surface area contributed by atoms with Crippen LogP contribution in [0.15, 0.2) is 29.1 Å². The monoisotopic (exact) mass is 416 g/mol. The topological polar surface area (TPSA) is 87.4 Å². The molecule has 1 saturated heterocycles. The molecule has 1 aliphatic heterocycles. The number of amides is 1. The Morgan fingerprint density at radius 3 is 2.72 bits per heavy atom. The van der Waals surface area contributed by atoms with Crippen molar-refractivity contribution in [3.63, 3.8) is 0 Å². The van der Waals surface area contributed by atoms with Gasteiger partial charge in [-0.2, -0.15) is 5.26 Å². The third-order valence-corrected chi connectivity index (χ3v) is 5.46. The van der Waals surface area contributed by atoms with E-state index in [1.54, 1.807) is 4.57 Å². The number of ether oxygens (including phenoxy) is 1. The van der Waals surface area contributed by atoms with Crippen LogP contribution in [-0.2, 0) is 16.1 Å². The Balaban J connectivity index is 1.97. The number of hydrogen-bond acceptors (Lipinski definition) is 5. The first kappa shape index (κ1) is 21.2. The SMILES string of the molecule is CCOCCn1c(=O)c(C#N)c(N2CCC(NC(=O)CCl)CC2)c2ccccc21. The van der Waals surface area contributed by atoms with Gasteiger partial charge in [-0.25, -0.2) is 0 Å². The van der Waals surface area contributed by atoms with E-state index in [0.717, 1.165) is 23.7 Å². The lowest BCUT2D eigenvalue weighted by molar-refractivity contribution is -0.119. The van der Waals surface area contributed by atoms with Crippen molar-refractivity contribution >= 4 is 34.1 Å². The average molecular weight is 417 g/mol. The van der Waals surface area contributed by atoms with Gasteiger partial charge in [-0.15, -0.1) is 11.6 Å². The van der Waals surface area contributed by atoms with Crippen molar-refractivity contribution in [1.82, 2.24) is 9.88 Å². The quantitative estimate of drug-likeness (QED) is 0.552. The summed E-state index contributed by atoms with van der Waals surface area (Å²) in [5, 5.41) is 13.6. The Hall–Kier alpha value is -2.56. The third-order valence-electron chi connectivity index (χ3n) is 5.22. The van der Waals surface area contributed by atoms with E-state index in [-0.39, 0.29) is 29.0 Å². The molecule has 1 amide bonds. The average Bonchev–Trinajstić information content (AvgIpc) is 2.75. The first-order valence-electron chi connectivity index (χ1n) is 9.84. The number of nitriles is 1. The minimum Gasteiger partial charge on any atom is -0.380 e. The highest BCUT2D eigenvalue weighted by Crippen LogP contribution is 2.30. The number of para-hydroxylation sites is 1. The van der Waals surface area contributed by atoms with E-state index in [1.165, 1.54) is 0 Å². The molecule has 3 rings (SSSR count). The number of nitrogens with zero attached hydrogens (tertiary/aromatic N) is 3. The van der Waals surface area contributed by atoms with E-state index in [0.29, 0.717) is 38.5 Å². The molecule has 154 valence electrons. The van der Waals surface area contributed by atoms with Crippen LogP contribution in [0.25, 0.3) is 10.9 Å². The van der Waals surface area contributed by atoms with Crippen LogP contribution in [0.1, 0.15) is 25.3 Å². The fourth-order valence-corrected chi connectivity index (χ4v) is 3.93. The van der Waals surface area contributed by atoms with Crippen molar-refractivity contribution in [1.29, 1.82) is 5.26 Å². The van der Waals surface area contributed by atoms with Crippen LogP contribution in [0.5, 0.6) is 0 Å². The maximum Gasteiger partial charge on any atom is 0.271 e. The molecule has 1 fully saturated rings. The summed E-state index contributed by atoms with van der Waals surface area (Å²) in [6, 6.07) is 9.85. The molecule has 2 aromatic rings. The Morgan fingerprint density at radius 1 is 1.34 bits per heavy atom. The highest BCUT2D eigenvalue weighted by molar-refractivity contribution is 6.27. The number of nitrogens with one attached hydrogen (secondary N) is 1. The highest BCUT2D eigenvalue weighted by Gasteiger charge is 2.26. The van der Waals surface area contributed by atoms with Crippen LogP contribution in [0.4, 0.5) is 5.69 Å². The van der Waals surface area contributed by atoms with Gasteiger partial charge >= 0.3 is 0 Å². The molecule has 0 spiro atoms. The zero-order valence-electron chi connectivity index (χ0n) is 16.5. The first-order chi connectivity index (χ1) is 14.1. The predicted molar refractivity (Wildman–Crippen MR) is 114 cm³/mol. The van der Waals surface area contributed by atoms with Crippen molar-refractivity contribution in [2.24, 2.45) is 0 Å². The fourth-order valence-electron chi connectivity index (χ4n) is 3.85. The van der Waals surface area contributed by atoms with E-state index in [1.807, 2.05) is 31.2 Å². The van der Waals surface area contributed by atoms with Gasteiger partial charge in [-0.05, 0) is 25.8 Å². The molecular weight excluding hydrogens is 392 g/mol. The van der Waals surface area contributed by atoms with E-state index in [4.69, 9.17) is 16.3 Å². The number of benzene rings is 1. The molecular formula is C21H25ClN4O3. The van der Waals surface area contributed by atoms with Crippen LogP contribution in [0.3, 0.4) is 0 Å². The molecule has 0 saturated carbocycles. The van der Waals surface area contributed by atoms with Crippen LogP contribution in [0.2, 0.25) is 0 Å². The number of pyridine rings is 1. The van der Waals surface area contributed by atoms with Gasteiger partial charge in [0.05, 0.1) is 17.8 Å². The number of carbonyl (C=O) groups is 1. The summed E-state index contributed by atoms with van der Waals surface area (Å²) in [6.07, 6.45) is 1.46. The van der Waals surface area contributed by atoms with Gasteiger partial charge in [0.15, 0.2) is 0 Å². The molecule has 8 heteroatoms. The maximum atomic E-state index is 13.1. The number of alkyl halides is 1. The molecule has 0 unspecified atom stereocenters. The van der Waals surface area contributed by atoms with Gasteiger partial charge in [0, 0.05) is 37.7 Å². The summed E-state index contributed by atoms with van der Waals surface area (Å²) in [5.41, 5.74) is 1.34. The highest BCUT2D eigenvalue weighted by atomic mass is 35.5. The molecule has 7 nitrogen and oxygen atoms in total. The Kier molecular flexibility index (Phi) is 7.13. The number of fused-ring (bicyclic) bond motifs is 1. The van der Waals surface area contributed by atoms with Crippen molar-refractivity contribution < 1.29 is 9.53 Å². The van der Waals surface area contributed by atoms with Crippen molar-refractivity contribution in [2.75, 3.05) is 37.1 Å². The number of aromatic nitrogens is 1. The maximum absolute atomic E-state index is 13.1. The summed E-state index contributed by atoms with van der Waals surface area (Å²) in [4.78, 5) is 26.7. The molecule has 1 aromatic carbocycles. The van der Waals surface area contributed by atoms with Gasteiger partial charge in [0.2, 0.25) is 5.91 Å². The molecule has 1 N–H and O–H groups in total. The standard InChI is InChI=1S/C21H25ClN4O3/c1-2-29-12-11-26-18-6-4-3-5-16(18)20(17(14-23)21(26)28)25-9-7-15(8-10-25)24-19(27)13-22/h3-6,15H,2,7-13H2,1H3,(H,24,27). The molecule has 0 radical (unpaired) electrons. The smallest absolute Gasteiger partial charge is 0.271 e. The van der Waals surface area contributed by atoms with Crippen molar-refractivity contribution in [2.45, 2.75) is 32.4 Å². The molecule has 0 atom stereocenters. The summed E-state index contributed by atoms with van der Waals surface area (Å²) in [6.45, 7) is 4.59. The largest absolute Gasteiger partial charge is 0.380 e. The zero-order chi connectivity index (χ0) is 20.8. The van der Waals surface area contributed by atoms with E-state index in [2.05, 4.69) is 16.3 Å². The summed E-state index contributed by atoms with van der Waals surface area (Å²) >= 11 is 5.57. The molecule has 0 bridgehead atoms. The van der Waals surface area contributed by atoms with Gasteiger partial charge in [0.1, 0.15) is 17.5 Å². The van der Waals surface area contributed by atoms with E-state index >= 15 is 0 Å². The fraction of sp³-hybridized carbons (Fsp3) is 0.476. The summed E-state index contributed by atoms with van der Waals surface area (Å²) in [7, 11) is 0. The number of carbonyl (C=O) groups excluding carboxylic acids is 1. The van der Waals surface area contributed by atoms with E-state index < -0.39 is 0 Å². The minimum absolute atomic E-state index is 0.0522. The van der Waals surface area contributed by atoms with Gasteiger partial charge < -0.3 is 19.5 Å². The van der Waals surface area contributed by atoms with Crippen molar-refractivity contribution in [3.8, 4) is 6.07 Å². The Bertz CT molecular complexity index is 974. The van der Waals surface area contributed by atoms with Crippen molar-refractivity contribution in [3.05, 3.63) is 40.2 Å². The number of hydrogen-bond donors (Lipinski definition) is 1. The Labute approximate surface area is 174 Å². The molecule has 1 aliphatic rings. The molecule has 0 aliphatic carbocycles. The molecule has 1 aromatic heterocycles.